The van der Waals surface area contributed by atoms with Gasteiger partial charge in [-0.1, -0.05) is 13.8 Å². The summed E-state index contributed by atoms with van der Waals surface area (Å²) in [5.41, 5.74) is 0. The predicted octanol–water partition coefficient (Wildman–Crippen LogP) is 1.07. The van der Waals surface area contributed by atoms with Crippen molar-refractivity contribution >= 4 is 10.8 Å². The molecule has 1 aliphatic rings. The molecule has 0 radical (unpaired) electrons. The molecule has 0 saturated carbocycles. The summed E-state index contributed by atoms with van der Waals surface area (Å²) in [4.78, 5) is 2.46. The highest BCUT2D eigenvalue weighted by molar-refractivity contribution is 7.84. The van der Waals surface area contributed by atoms with Gasteiger partial charge in [-0.25, -0.2) is 0 Å². The number of rotatable bonds is 5. The number of nitrogens with one attached hydrogen (secondary N) is 1. The van der Waals surface area contributed by atoms with Crippen molar-refractivity contribution in [2.75, 3.05) is 32.4 Å². The van der Waals surface area contributed by atoms with E-state index in [1.807, 2.05) is 0 Å². The van der Waals surface area contributed by atoms with Gasteiger partial charge in [0.25, 0.3) is 0 Å². The molecule has 16 heavy (non-hydrogen) atoms. The lowest BCUT2D eigenvalue weighted by Gasteiger charge is -2.38. The second-order valence-electron chi connectivity index (χ2n) is 5.00. The molecule has 0 spiro atoms. The summed E-state index contributed by atoms with van der Waals surface area (Å²) in [6.45, 7) is 10.9. The quantitative estimate of drug-likeness (QED) is 0.788. The smallest absolute Gasteiger partial charge is 0.0444 e. The molecule has 1 rings (SSSR count). The van der Waals surface area contributed by atoms with E-state index in [-0.39, 0.29) is 0 Å². The second-order valence-corrected chi connectivity index (χ2v) is 6.80. The van der Waals surface area contributed by atoms with Gasteiger partial charge in [-0.05, 0) is 32.4 Å². The van der Waals surface area contributed by atoms with E-state index in [0.29, 0.717) is 17.2 Å². The Morgan fingerprint density at radius 3 is 2.75 bits per heavy atom. The first kappa shape index (κ1) is 14.1. The predicted molar refractivity (Wildman–Crippen MR) is 71.2 cm³/mol. The molecule has 0 aromatic carbocycles. The van der Waals surface area contributed by atoms with Gasteiger partial charge in [0.1, 0.15) is 0 Å². The van der Waals surface area contributed by atoms with Gasteiger partial charge in [-0.2, -0.15) is 0 Å². The van der Waals surface area contributed by atoms with Crippen LogP contribution in [0.2, 0.25) is 0 Å². The highest BCUT2D eigenvalue weighted by Gasteiger charge is 2.26. The van der Waals surface area contributed by atoms with Gasteiger partial charge < -0.3 is 10.2 Å². The van der Waals surface area contributed by atoms with Gasteiger partial charge in [0, 0.05) is 41.4 Å². The molecule has 4 atom stereocenters. The zero-order valence-corrected chi connectivity index (χ0v) is 11.8. The molecule has 1 N–H and O–H groups in total. The molecule has 96 valence electrons. The van der Waals surface area contributed by atoms with Crippen molar-refractivity contribution in [3.63, 3.8) is 0 Å². The van der Waals surface area contributed by atoms with Gasteiger partial charge in [-0.15, -0.1) is 0 Å². The van der Waals surface area contributed by atoms with Crippen molar-refractivity contribution in [1.82, 2.24) is 10.2 Å². The molecule has 3 nitrogen and oxygen atoms in total. The average Bonchev–Trinajstić information content (AvgIpc) is 2.22. The van der Waals surface area contributed by atoms with E-state index in [1.54, 1.807) is 6.26 Å². The summed E-state index contributed by atoms with van der Waals surface area (Å²) in [5.74, 6) is 0.700. The van der Waals surface area contributed by atoms with Crippen molar-refractivity contribution in [3.8, 4) is 0 Å². The van der Waals surface area contributed by atoms with Crippen LogP contribution in [0.1, 0.15) is 27.2 Å². The largest absolute Gasteiger partial charge is 0.314 e. The van der Waals surface area contributed by atoms with E-state index in [4.69, 9.17) is 0 Å². The Morgan fingerprint density at radius 1 is 1.56 bits per heavy atom. The average molecular weight is 246 g/mol. The molecule has 0 aromatic rings. The van der Waals surface area contributed by atoms with Crippen LogP contribution in [0.15, 0.2) is 0 Å². The minimum Gasteiger partial charge on any atom is -0.314 e. The fraction of sp³-hybridized carbons (Fsp3) is 1.00. The molecule has 1 saturated heterocycles. The Hall–Kier alpha value is 0.0700. The van der Waals surface area contributed by atoms with Crippen LogP contribution in [0.4, 0.5) is 0 Å². The number of nitrogens with zero attached hydrogens (tertiary/aromatic N) is 1. The number of piperidine rings is 1. The third kappa shape index (κ3) is 4.15. The SMILES string of the molecule is CCNC1CCN(CC(C)S(C)=O)CC1C. The molecule has 0 aliphatic carbocycles. The summed E-state index contributed by atoms with van der Waals surface area (Å²) in [6, 6.07) is 0.670. The monoisotopic (exact) mass is 246 g/mol. The molecule has 4 heteroatoms. The fourth-order valence-electron chi connectivity index (χ4n) is 2.43. The highest BCUT2D eigenvalue weighted by atomic mass is 32.2. The normalized spacial score (nSPS) is 31.2. The molecule has 4 unspecified atom stereocenters. The molecular weight excluding hydrogens is 220 g/mol. The molecule has 0 amide bonds. The van der Waals surface area contributed by atoms with Gasteiger partial charge in [-0.3, -0.25) is 4.21 Å². The number of hydrogen-bond acceptors (Lipinski definition) is 3. The first-order valence-corrected chi connectivity index (χ1v) is 7.94. The Labute approximate surface area is 102 Å². The molecule has 1 fully saturated rings. The Balaban J connectivity index is 2.36. The van der Waals surface area contributed by atoms with Crippen LogP contribution in [0, 0.1) is 5.92 Å². The fourth-order valence-corrected chi connectivity index (χ4v) is 2.85. The molecule has 0 aromatic heterocycles. The van der Waals surface area contributed by atoms with E-state index in [2.05, 4.69) is 31.0 Å². The van der Waals surface area contributed by atoms with Gasteiger partial charge in [0.15, 0.2) is 0 Å². The van der Waals surface area contributed by atoms with E-state index in [1.165, 1.54) is 6.42 Å². The lowest BCUT2D eigenvalue weighted by atomic mass is 9.94. The van der Waals surface area contributed by atoms with Crippen LogP contribution in [-0.2, 0) is 10.8 Å². The maximum Gasteiger partial charge on any atom is 0.0444 e. The Bertz CT molecular complexity index is 235. The summed E-state index contributed by atoms with van der Waals surface area (Å²) in [7, 11) is -0.693. The zero-order valence-electron chi connectivity index (χ0n) is 11.0. The highest BCUT2D eigenvalue weighted by Crippen LogP contribution is 2.17. The first-order valence-electron chi connectivity index (χ1n) is 6.32. The maximum atomic E-state index is 11.3. The summed E-state index contributed by atoms with van der Waals surface area (Å²) in [5, 5.41) is 3.84. The summed E-state index contributed by atoms with van der Waals surface area (Å²) < 4.78 is 11.3. The maximum absolute atomic E-state index is 11.3. The van der Waals surface area contributed by atoms with Crippen LogP contribution in [-0.4, -0.2) is 52.8 Å². The molecule has 0 bridgehead atoms. The number of likely N-dealkylation sites (tertiary alicyclic amines) is 1. The number of hydrogen-bond donors (Lipinski definition) is 1. The second kappa shape index (κ2) is 6.72. The van der Waals surface area contributed by atoms with Gasteiger partial charge >= 0.3 is 0 Å². The van der Waals surface area contributed by atoms with E-state index in [9.17, 15) is 4.21 Å². The minimum atomic E-state index is -0.693. The van der Waals surface area contributed by atoms with E-state index in [0.717, 1.165) is 26.2 Å². The molecule has 1 heterocycles. The lowest BCUT2D eigenvalue weighted by Crippen LogP contribution is -2.49. The summed E-state index contributed by atoms with van der Waals surface area (Å²) >= 11 is 0. The van der Waals surface area contributed by atoms with Crippen LogP contribution >= 0.6 is 0 Å². The van der Waals surface area contributed by atoms with Crippen molar-refractivity contribution < 1.29 is 4.21 Å². The lowest BCUT2D eigenvalue weighted by molar-refractivity contribution is 0.150. The van der Waals surface area contributed by atoms with Crippen LogP contribution in [0.25, 0.3) is 0 Å². The molecular formula is C12H26N2OS. The third-order valence-electron chi connectivity index (χ3n) is 3.54. The van der Waals surface area contributed by atoms with Crippen molar-refractivity contribution in [3.05, 3.63) is 0 Å². The van der Waals surface area contributed by atoms with Crippen molar-refractivity contribution in [2.24, 2.45) is 5.92 Å². The Morgan fingerprint density at radius 2 is 2.25 bits per heavy atom. The topological polar surface area (TPSA) is 32.3 Å². The van der Waals surface area contributed by atoms with Crippen LogP contribution < -0.4 is 5.32 Å². The summed E-state index contributed by atoms with van der Waals surface area (Å²) in [6.07, 6.45) is 3.03. The standard InChI is InChI=1S/C12H26N2OS/c1-5-13-12-6-7-14(8-10(12)2)9-11(3)16(4)15/h10-13H,5-9H2,1-4H3. The van der Waals surface area contributed by atoms with Gasteiger partial charge in [0.2, 0.25) is 0 Å². The molecule has 1 aliphatic heterocycles. The zero-order chi connectivity index (χ0) is 12.1. The van der Waals surface area contributed by atoms with E-state index < -0.39 is 10.8 Å². The van der Waals surface area contributed by atoms with E-state index >= 15 is 0 Å². The van der Waals surface area contributed by atoms with Crippen molar-refractivity contribution in [1.29, 1.82) is 0 Å². The van der Waals surface area contributed by atoms with Crippen LogP contribution in [0.5, 0.6) is 0 Å². The van der Waals surface area contributed by atoms with Crippen LogP contribution in [0.3, 0.4) is 0 Å². The van der Waals surface area contributed by atoms with Crippen molar-refractivity contribution in [2.45, 2.75) is 38.5 Å². The third-order valence-corrected chi connectivity index (χ3v) is 4.82. The van der Waals surface area contributed by atoms with Gasteiger partial charge in [0.05, 0.1) is 0 Å². The first-order chi connectivity index (χ1) is 7.54. The minimum absolute atomic E-state index is 0.294. The Kier molecular flexibility index (Phi) is 5.94.